The number of fused-ring (bicyclic) bond motifs is 2. The summed E-state index contributed by atoms with van der Waals surface area (Å²) in [6.07, 6.45) is 3.05. The summed E-state index contributed by atoms with van der Waals surface area (Å²) in [6, 6.07) is 29.6. The number of cyclic esters (lactones) is 1. The number of carbonyl (C=O) groups is 1. The number of benzene rings is 4. The van der Waals surface area contributed by atoms with Gasteiger partial charge in [-0.15, -0.1) is 0 Å². The minimum Gasteiger partial charge on any atom is -0.454 e. The molecule has 1 saturated carbocycles. The Bertz CT molecular complexity index is 1700. The van der Waals surface area contributed by atoms with E-state index in [1.54, 1.807) is 12.1 Å². The van der Waals surface area contributed by atoms with Crippen LogP contribution in [-0.4, -0.2) is 22.4 Å². The van der Waals surface area contributed by atoms with Crippen molar-refractivity contribution >= 4 is 34.9 Å². The van der Waals surface area contributed by atoms with Crippen LogP contribution < -0.4 is 5.73 Å². The standard InChI is InChI=1S/C38H37Cl2FN2O2/c1-37(2)15-17-38(18-16-37)32(29-14-13-26(39)22-30(29)42)31(25-19-27(40)21-28(41)20-25)34-36(44)45-35(24-11-7-4-8-12-24)33(43(34)38)23-9-5-3-6-10-23/h3-14,19-22,31-35H,15-18,42H2,1-2H3/t31-,32?,33-,34-,35+/m1/s1. The van der Waals surface area contributed by atoms with Crippen LogP contribution in [0.1, 0.15) is 85.8 Å². The highest BCUT2D eigenvalue weighted by molar-refractivity contribution is 6.31. The van der Waals surface area contributed by atoms with E-state index in [1.807, 2.05) is 60.7 Å². The lowest BCUT2D eigenvalue weighted by Gasteiger charge is -2.55. The second-order valence-electron chi connectivity index (χ2n) is 13.7. The predicted octanol–water partition coefficient (Wildman–Crippen LogP) is 9.64. The third kappa shape index (κ3) is 5.23. The Hall–Kier alpha value is -3.38. The minimum atomic E-state index is -0.700. The maximum absolute atomic E-state index is 15.2. The minimum absolute atomic E-state index is 0.133. The fourth-order valence-electron chi connectivity index (χ4n) is 8.50. The van der Waals surface area contributed by atoms with Crippen molar-refractivity contribution in [3.05, 3.63) is 135 Å². The van der Waals surface area contributed by atoms with Crippen LogP contribution in [0.4, 0.5) is 10.1 Å². The van der Waals surface area contributed by atoms with Gasteiger partial charge < -0.3 is 10.5 Å². The molecule has 2 N–H and O–H groups in total. The topological polar surface area (TPSA) is 55.6 Å². The molecule has 232 valence electrons. The number of rotatable bonds is 4. The largest absolute Gasteiger partial charge is 0.454 e. The summed E-state index contributed by atoms with van der Waals surface area (Å²) in [5.41, 5.74) is 10.6. The number of carbonyl (C=O) groups excluding carboxylic acids is 1. The number of esters is 1. The van der Waals surface area contributed by atoms with Gasteiger partial charge >= 0.3 is 5.97 Å². The first-order valence-corrected chi connectivity index (χ1v) is 16.4. The summed E-state index contributed by atoms with van der Waals surface area (Å²) in [7, 11) is 0. The lowest BCUT2D eigenvalue weighted by Crippen LogP contribution is -2.59. The molecule has 2 heterocycles. The quantitative estimate of drug-likeness (QED) is 0.178. The molecule has 4 aromatic rings. The highest BCUT2D eigenvalue weighted by Crippen LogP contribution is 2.66. The number of nitrogens with zero attached hydrogens (tertiary/aromatic N) is 1. The third-order valence-electron chi connectivity index (χ3n) is 10.6. The first kappa shape index (κ1) is 30.3. The number of nitrogens with two attached hydrogens (primary N) is 1. The predicted molar refractivity (Wildman–Crippen MR) is 178 cm³/mol. The van der Waals surface area contributed by atoms with Crippen LogP contribution in [0.25, 0.3) is 0 Å². The van der Waals surface area contributed by atoms with Gasteiger partial charge in [0.15, 0.2) is 0 Å². The van der Waals surface area contributed by atoms with E-state index >= 15 is 4.39 Å². The molecule has 4 aromatic carbocycles. The van der Waals surface area contributed by atoms with E-state index in [4.69, 9.17) is 33.7 Å². The monoisotopic (exact) mass is 642 g/mol. The number of hydrogen-bond acceptors (Lipinski definition) is 4. The van der Waals surface area contributed by atoms with Gasteiger partial charge in [-0.1, -0.05) is 104 Å². The van der Waals surface area contributed by atoms with Crippen LogP contribution in [-0.2, 0) is 9.53 Å². The van der Waals surface area contributed by atoms with Gasteiger partial charge in [0.1, 0.15) is 18.0 Å². The average molecular weight is 644 g/mol. The molecule has 7 heteroatoms. The fraction of sp³-hybridized carbons (Fsp3) is 0.342. The van der Waals surface area contributed by atoms with Crippen LogP contribution in [0.2, 0.25) is 10.0 Å². The second kappa shape index (κ2) is 11.5. The van der Waals surface area contributed by atoms with Gasteiger partial charge in [0.05, 0.1) is 6.04 Å². The van der Waals surface area contributed by atoms with Crippen molar-refractivity contribution in [3.8, 4) is 0 Å². The van der Waals surface area contributed by atoms with Crippen molar-refractivity contribution < 1.29 is 13.9 Å². The molecular weight excluding hydrogens is 606 g/mol. The molecule has 2 aliphatic heterocycles. The Morgan fingerprint density at radius 3 is 2.04 bits per heavy atom. The maximum Gasteiger partial charge on any atom is 0.324 e. The molecule has 1 aliphatic carbocycles. The fourth-order valence-corrected chi connectivity index (χ4v) is 8.91. The molecule has 0 bridgehead atoms. The summed E-state index contributed by atoms with van der Waals surface area (Å²) in [4.78, 5) is 17.1. The number of hydrogen-bond donors (Lipinski definition) is 1. The summed E-state index contributed by atoms with van der Waals surface area (Å²) in [5.74, 6) is -1.50. The van der Waals surface area contributed by atoms with E-state index in [9.17, 15) is 4.79 Å². The second-order valence-corrected chi connectivity index (χ2v) is 14.6. The Morgan fingerprint density at radius 2 is 1.42 bits per heavy atom. The number of ether oxygens (including phenoxy) is 1. The molecule has 4 nitrogen and oxygen atoms in total. The molecule has 3 fully saturated rings. The molecule has 1 spiro atoms. The highest BCUT2D eigenvalue weighted by Gasteiger charge is 2.67. The first-order chi connectivity index (χ1) is 21.6. The summed E-state index contributed by atoms with van der Waals surface area (Å²) in [6.45, 7) is 4.63. The van der Waals surface area contributed by atoms with Crippen molar-refractivity contribution in [1.29, 1.82) is 0 Å². The lowest BCUT2D eigenvalue weighted by molar-refractivity contribution is -0.182. The Kier molecular flexibility index (Phi) is 7.71. The molecule has 0 amide bonds. The van der Waals surface area contributed by atoms with Gasteiger partial charge in [0.25, 0.3) is 0 Å². The summed E-state index contributed by atoms with van der Waals surface area (Å²) >= 11 is 13.0. The Labute approximate surface area is 274 Å². The van der Waals surface area contributed by atoms with Gasteiger partial charge in [-0.3, -0.25) is 9.69 Å². The Balaban J connectivity index is 1.53. The van der Waals surface area contributed by atoms with Crippen molar-refractivity contribution in [1.82, 2.24) is 4.90 Å². The Morgan fingerprint density at radius 1 is 0.778 bits per heavy atom. The third-order valence-corrected chi connectivity index (χ3v) is 11.0. The molecule has 1 unspecified atom stereocenters. The van der Waals surface area contributed by atoms with Crippen LogP contribution in [0, 0.1) is 11.2 Å². The van der Waals surface area contributed by atoms with E-state index in [1.165, 1.54) is 12.1 Å². The molecule has 3 aliphatic rings. The van der Waals surface area contributed by atoms with Gasteiger partial charge in [0.2, 0.25) is 0 Å². The molecular formula is C38H37Cl2FN2O2. The SMILES string of the molecule is CC1(C)CCC2(CC1)C(c1ccc(Cl)cc1N)[C@@H](c1cc(F)cc(Cl)c1)[C@@H]1C(=O)O[C@@H](c3ccccc3)[C@@H](c3ccccc3)N12. The van der Waals surface area contributed by atoms with E-state index in [0.29, 0.717) is 16.3 Å². The van der Waals surface area contributed by atoms with Gasteiger partial charge in [-0.05, 0) is 83.7 Å². The number of nitrogen functional groups attached to an aromatic ring is 1. The molecule has 45 heavy (non-hydrogen) atoms. The molecule has 5 atom stereocenters. The zero-order chi connectivity index (χ0) is 31.5. The van der Waals surface area contributed by atoms with Crippen LogP contribution in [0.5, 0.6) is 0 Å². The smallest absolute Gasteiger partial charge is 0.324 e. The first-order valence-electron chi connectivity index (χ1n) is 15.7. The van der Waals surface area contributed by atoms with Crippen molar-refractivity contribution in [2.75, 3.05) is 5.73 Å². The van der Waals surface area contributed by atoms with E-state index in [2.05, 4.69) is 30.9 Å². The average Bonchev–Trinajstić information content (AvgIpc) is 3.30. The maximum atomic E-state index is 15.2. The van der Waals surface area contributed by atoms with Gasteiger partial charge in [-0.2, -0.15) is 0 Å². The van der Waals surface area contributed by atoms with Gasteiger partial charge in [-0.25, -0.2) is 4.39 Å². The lowest BCUT2D eigenvalue weighted by atomic mass is 9.61. The summed E-state index contributed by atoms with van der Waals surface area (Å²) in [5, 5.41) is 0.831. The van der Waals surface area contributed by atoms with Crippen LogP contribution in [0.3, 0.4) is 0 Å². The molecule has 0 radical (unpaired) electrons. The van der Waals surface area contributed by atoms with Crippen LogP contribution >= 0.6 is 23.2 Å². The summed E-state index contributed by atoms with van der Waals surface area (Å²) < 4.78 is 21.7. The number of morpholine rings is 1. The van der Waals surface area contributed by atoms with Crippen LogP contribution in [0.15, 0.2) is 97.1 Å². The van der Waals surface area contributed by atoms with E-state index in [0.717, 1.165) is 42.4 Å². The highest BCUT2D eigenvalue weighted by atomic mass is 35.5. The molecule has 7 rings (SSSR count). The van der Waals surface area contributed by atoms with Crippen molar-refractivity contribution in [3.63, 3.8) is 0 Å². The van der Waals surface area contributed by atoms with Gasteiger partial charge in [0, 0.05) is 33.1 Å². The van der Waals surface area contributed by atoms with E-state index in [-0.39, 0.29) is 28.4 Å². The zero-order valence-electron chi connectivity index (χ0n) is 25.4. The zero-order valence-corrected chi connectivity index (χ0v) is 26.9. The van der Waals surface area contributed by atoms with Crippen molar-refractivity contribution in [2.45, 2.75) is 75.1 Å². The molecule has 2 saturated heterocycles. The normalized spacial score (nSPS) is 27.2. The number of halogens is 3. The molecule has 0 aromatic heterocycles. The number of anilines is 1. The van der Waals surface area contributed by atoms with E-state index < -0.39 is 29.4 Å². The van der Waals surface area contributed by atoms with Crippen molar-refractivity contribution in [2.24, 2.45) is 5.41 Å².